The average Bonchev–Trinajstić information content (AvgIpc) is 1.81. The lowest BCUT2D eigenvalue weighted by Gasteiger charge is -1.98. The van der Waals surface area contributed by atoms with Crippen LogP contribution in [0.4, 0.5) is 0 Å². The smallest absolute Gasteiger partial charge is 0.334 e. The summed E-state index contributed by atoms with van der Waals surface area (Å²) in [5.74, 6) is -2.84. The van der Waals surface area contributed by atoms with Gasteiger partial charge >= 0.3 is 11.9 Å². The van der Waals surface area contributed by atoms with Gasteiger partial charge in [-0.15, -0.1) is 0 Å². The molecule has 0 aromatic carbocycles. The standard InChI is InChI=1S/C5H4Cl2O4/c6-4(7)2(5(10)11)1-3(8)9/h1,4H,(H,8,9)(H,10,11). The molecule has 6 heteroatoms. The summed E-state index contributed by atoms with van der Waals surface area (Å²) in [4.78, 5) is 18.8. The number of rotatable bonds is 3. The zero-order chi connectivity index (χ0) is 9.02. The van der Waals surface area contributed by atoms with Gasteiger partial charge in [0, 0.05) is 6.08 Å². The lowest BCUT2D eigenvalue weighted by atomic mass is 10.3. The van der Waals surface area contributed by atoms with Crippen LogP contribution in [0.2, 0.25) is 0 Å². The quantitative estimate of drug-likeness (QED) is 0.522. The summed E-state index contributed by atoms with van der Waals surface area (Å²) in [6.07, 6.45) is 0.451. The van der Waals surface area contributed by atoms with Crippen LogP contribution in [0.5, 0.6) is 0 Å². The molecule has 2 N–H and O–H groups in total. The molecule has 0 aromatic heterocycles. The summed E-state index contributed by atoms with van der Waals surface area (Å²) in [6.45, 7) is 0. The van der Waals surface area contributed by atoms with Gasteiger partial charge in [-0.25, -0.2) is 9.59 Å². The summed E-state index contributed by atoms with van der Waals surface area (Å²) in [7, 11) is 0. The Kier molecular flexibility index (Phi) is 3.92. The van der Waals surface area contributed by atoms with Gasteiger partial charge < -0.3 is 10.2 Å². The van der Waals surface area contributed by atoms with Crippen LogP contribution in [0.1, 0.15) is 0 Å². The van der Waals surface area contributed by atoms with E-state index in [2.05, 4.69) is 0 Å². The normalized spacial score (nSPS) is 11.7. The molecule has 0 saturated carbocycles. The summed E-state index contributed by atoms with van der Waals surface area (Å²) in [6, 6.07) is 0. The molecule has 0 heterocycles. The van der Waals surface area contributed by atoms with Crippen LogP contribution in [0.25, 0.3) is 0 Å². The first-order chi connectivity index (χ1) is 4.95. The average molecular weight is 199 g/mol. The fourth-order valence-corrected chi connectivity index (χ4v) is 0.664. The second-order valence-electron chi connectivity index (χ2n) is 1.54. The van der Waals surface area contributed by atoms with Crippen molar-refractivity contribution in [2.45, 2.75) is 4.84 Å². The highest BCUT2D eigenvalue weighted by Crippen LogP contribution is 2.13. The number of halogens is 2. The molecule has 0 spiro atoms. The number of hydrogen-bond donors (Lipinski definition) is 2. The van der Waals surface area contributed by atoms with Crippen LogP contribution in [0.3, 0.4) is 0 Å². The van der Waals surface area contributed by atoms with Gasteiger partial charge in [-0.3, -0.25) is 0 Å². The number of hydrogen-bond acceptors (Lipinski definition) is 2. The van der Waals surface area contributed by atoms with Gasteiger partial charge in [-0.2, -0.15) is 0 Å². The number of carbonyl (C=O) groups is 2. The maximum absolute atomic E-state index is 10.2. The van der Waals surface area contributed by atoms with Crippen LogP contribution in [-0.4, -0.2) is 27.0 Å². The fraction of sp³-hybridized carbons (Fsp3) is 0.200. The van der Waals surface area contributed by atoms with Crippen molar-refractivity contribution in [2.24, 2.45) is 0 Å². The van der Waals surface area contributed by atoms with E-state index in [1.165, 1.54) is 0 Å². The van der Waals surface area contributed by atoms with Crippen molar-refractivity contribution in [1.82, 2.24) is 0 Å². The first-order valence-electron chi connectivity index (χ1n) is 2.41. The molecular weight excluding hydrogens is 195 g/mol. The molecule has 0 bridgehead atoms. The first kappa shape index (κ1) is 10.3. The lowest BCUT2D eigenvalue weighted by Crippen LogP contribution is -2.09. The number of alkyl halides is 2. The van der Waals surface area contributed by atoms with E-state index in [4.69, 9.17) is 33.4 Å². The molecule has 62 valence electrons. The second-order valence-corrected chi connectivity index (χ2v) is 2.64. The van der Waals surface area contributed by atoms with Gasteiger partial charge in [0.1, 0.15) is 4.84 Å². The first-order valence-corrected chi connectivity index (χ1v) is 3.28. The van der Waals surface area contributed by atoms with E-state index >= 15 is 0 Å². The predicted molar refractivity (Wildman–Crippen MR) is 38.8 cm³/mol. The van der Waals surface area contributed by atoms with Crippen LogP contribution in [-0.2, 0) is 9.59 Å². The third-order valence-electron chi connectivity index (χ3n) is 0.761. The maximum Gasteiger partial charge on any atom is 0.334 e. The third-order valence-corrected chi connectivity index (χ3v) is 1.23. The van der Waals surface area contributed by atoms with Crippen molar-refractivity contribution in [3.8, 4) is 0 Å². The minimum absolute atomic E-state index is 0.451. The molecule has 0 radical (unpaired) electrons. The number of carboxylic acid groups (broad SMARTS) is 2. The predicted octanol–water partition coefficient (Wildman–Crippen LogP) is 0.886. The summed E-state index contributed by atoms with van der Waals surface area (Å²) in [5, 5.41) is 16.4. The third kappa shape index (κ3) is 3.85. The van der Waals surface area contributed by atoms with Crippen molar-refractivity contribution < 1.29 is 19.8 Å². The minimum Gasteiger partial charge on any atom is -0.478 e. The van der Waals surface area contributed by atoms with Crippen LogP contribution in [0.15, 0.2) is 11.6 Å². The molecule has 11 heavy (non-hydrogen) atoms. The van der Waals surface area contributed by atoms with E-state index in [9.17, 15) is 9.59 Å². The van der Waals surface area contributed by atoms with Gasteiger partial charge in [0.05, 0.1) is 5.57 Å². The highest BCUT2D eigenvalue weighted by molar-refractivity contribution is 6.48. The Labute approximate surface area is 72.0 Å². The maximum atomic E-state index is 10.2. The summed E-state index contributed by atoms with van der Waals surface area (Å²) < 4.78 is 0. The van der Waals surface area contributed by atoms with E-state index in [0.717, 1.165) is 0 Å². The molecule has 0 aliphatic heterocycles. The van der Waals surface area contributed by atoms with Crippen molar-refractivity contribution in [3.63, 3.8) is 0 Å². The molecule has 4 nitrogen and oxygen atoms in total. The second kappa shape index (κ2) is 4.20. The van der Waals surface area contributed by atoms with E-state index < -0.39 is 22.3 Å². The van der Waals surface area contributed by atoms with E-state index in [1.807, 2.05) is 0 Å². The molecule has 0 aromatic rings. The van der Waals surface area contributed by atoms with Crippen molar-refractivity contribution in [1.29, 1.82) is 0 Å². The molecule has 0 rings (SSSR count). The molecule has 0 aliphatic rings. The Bertz CT molecular complexity index is 209. The Morgan fingerprint density at radius 2 is 1.73 bits per heavy atom. The van der Waals surface area contributed by atoms with Gasteiger partial charge in [0.15, 0.2) is 0 Å². The minimum atomic E-state index is -1.44. The highest BCUT2D eigenvalue weighted by atomic mass is 35.5. The van der Waals surface area contributed by atoms with Gasteiger partial charge in [-0.05, 0) is 0 Å². The van der Waals surface area contributed by atoms with Gasteiger partial charge in [0.25, 0.3) is 0 Å². The number of carboxylic acids is 2. The van der Waals surface area contributed by atoms with Crippen LogP contribution in [0, 0.1) is 0 Å². The Hall–Kier alpha value is -0.740. The van der Waals surface area contributed by atoms with Crippen molar-refractivity contribution in [2.75, 3.05) is 0 Å². The van der Waals surface area contributed by atoms with Crippen LogP contribution >= 0.6 is 23.2 Å². The lowest BCUT2D eigenvalue weighted by molar-refractivity contribution is -0.135. The molecule has 0 fully saturated rings. The molecule has 0 unspecified atom stereocenters. The zero-order valence-electron chi connectivity index (χ0n) is 5.12. The van der Waals surface area contributed by atoms with E-state index in [1.54, 1.807) is 0 Å². The molecule has 0 saturated heterocycles. The highest BCUT2D eigenvalue weighted by Gasteiger charge is 2.16. The van der Waals surface area contributed by atoms with Crippen molar-refractivity contribution in [3.05, 3.63) is 11.6 Å². The van der Waals surface area contributed by atoms with Gasteiger partial charge in [0.2, 0.25) is 0 Å². The SMILES string of the molecule is O=C(O)C=C(C(=O)O)C(Cl)Cl. The topological polar surface area (TPSA) is 74.6 Å². The number of aliphatic carboxylic acids is 2. The van der Waals surface area contributed by atoms with E-state index in [-0.39, 0.29) is 0 Å². The van der Waals surface area contributed by atoms with Crippen LogP contribution < -0.4 is 0 Å². The fourth-order valence-electron chi connectivity index (χ4n) is 0.351. The molecular formula is C5H4Cl2O4. The van der Waals surface area contributed by atoms with Crippen molar-refractivity contribution >= 4 is 35.1 Å². The summed E-state index contributed by atoms with van der Waals surface area (Å²) in [5.41, 5.74) is -0.555. The Balaban J connectivity index is 4.60. The van der Waals surface area contributed by atoms with E-state index in [0.29, 0.717) is 6.08 Å². The summed E-state index contributed by atoms with van der Waals surface area (Å²) >= 11 is 10.3. The Morgan fingerprint density at radius 3 is 1.82 bits per heavy atom. The zero-order valence-corrected chi connectivity index (χ0v) is 6.63. The molecule has 0 amide bonds. The molecule has 0 aliphatic carbocycles. The largest absolute Gasteiger partial charge is 0.478 e. The van der Waals surface area contributed by atoms with Gasteiger partial charge in [-0.1, -0.05) is 23.2 Å². The Morgan fingerprint density at radius 1 is 1.27 bits per heavy atom. The molecule has 0 atom stereocenters. The monoisotopic (exact) mass is 198 g/mol.